The molecule has 4 heteroatoms. The third-order valence-electron chi connectivity index (χ3n) is 3.94. The molecule has 0 spiro atoms. The number of fused-ring (bicyclic) bond motifs is 1. The number of benzene rings is 2. The molecule has 23 heavy (non-hydrogen) atoms. The van der Waals surface area contributed by atoms with Crippen molar-refractivity contribution in [3.05, 3.63) is 65.9 Å². The van der Waals surface area contributed by atoms with Crippen molar-refractivity contribution in [2.75, 3.05) is 11.9 Å². The van der Waals surface area contributed by atoms with Crippen LogP contribution in [0.1, 0.15) is 27.6 Å². The van der Waals surface area contributed by atoms with Gasteiger partial charge in [0.25, 0.3) is 0 Å². The smallest absolute Gasteiger partial charge is 0.184 e. The lowest BCUT2D eigenvalue weighted by molar-refractivity contribution is 0.100. The molecule has 0 radical (unpaired) electrons. The quantitative estimate of drug-likeness (QED) is 0.732. The van der Waals surface area contributed by atoms with Crippen molar-refractivity contribution < 1.29 is 9.59 Å². The lowest BCUT2D eigenvalue weighted by Gasteiger charge is -2.06. The maximum absolute atomic E-state index is 12.5. The van der Waals surface area contributed by atoms with Gasteiger partial charge in [-0.25, -0.2) is 0 Å². The van der Waals surface area contributed by atoms with Crippen LogP contribution in [0.25, 0.3) is 10.9 Å². The Balaban J connectivity index is 1.75. The van der Waals surface area contributed by atoms with E-state index in [0.29, 0.717) is 5.56 Å². The second-order valence-electron chi connectivity index (χ2n) is 5.58. The molecule has 116 valence electrons. The molecule has 1 heterocycles. The number of hydrogen-bond acceptors (Lipinski definition) is 3. The molecule has 0 aliphatic heterocycles. The van der Waals surface area contributed by atoms with Crippen molar-refractivity contribution in [2.45, 2.75) is 6.92 Å². The first kappa shape index (κ1) is 15.0. The van der Waals surface area contributed by atoms with Crippen molar-refractivity contribution in [1.82, 2.24) is 4.57 Å². The Morgan fingerprint density at radius 1 is 1.04 bits per heavy atom. The highest BCUT2D eigenvalue weighted by Crippen LogP contribution is 2.21. The van der Waals surface area contributed by atoms with Gasteiger partial charge in [0.15, 0.2) is 11.6 Å². The van der Waals surface area contributed by atoms with Crippen LogP contribution in [0, 0.1) is 0 Å². The number of Topliss-reactive ketones (excluding diaryl/α,β-unsaturated/α-hetero) is 2. The molecule has 0 aliphatic rings. The minimum absolute atomic E-state index is 0.0309. The van der Waals surface area contributed by atoms with Crippen LogP contribution in [0.15, 0.2) is 54.7 Å². The Morgan fingerprint density at radius 2 is 1.74 bits per heavy atom. The van der Waals surface area contributed by atoms with Gasteiger partial charge in [-0.05, 0) is 37.3 Å². The minimum Gasteiger partial charge on any atom is -0.378 e. The Hall–Kier alpha value is -2.88. The molecule has 0 amide bonds. The number of para-hydroxylation sites is 1. The molecular weight excluding hydrogens is 288 g/mol. The number of aryl methyl sites for hydroxylation is 1. The Labute approximate surface area is 134 Å². The molecule has 3 rings (SSSR count). The van der Waals surface area contributed by atoms with Crippen LogP contribution >= 0.6 is 0 Å². The molecule has 1 N–H and O–H groups in total. The van der Waals surface area contributed by atoms with Gasteiger partial charge in [-0.15, -0.1) is 0 Å². The van der Waals surface area contributed by atoms with Gasteiger partial charge < -0.3 is 9.88 Å². The zero-order chi connectivity index (χ0) is 16.4. The van der Waals surface area contributed by atoms with Crippen LogP contribution < -0.4 is 5.32 Å². The van der Waals surface area contributed by atoms with E-state index in [1.165, 1.54) is 6.92 Å². The van der Waals surface area contributed by atoms with Gasteiger partial charge in [0.1, 0.15) is 0 Å². The van der Waals surface area contributed by atoms with E-state index in [1.54, 1.807) is 12.1 Å². The monoisotopic (exact) mass is 306 g/mol. The summed E-state index contributed by atoms with van der Waals surface area (Å²) in [6.45, 7) is 1.75. The van der Waals surface area contributed by atoms with Crippen molar-refractivity contribution in [2.24, 2.45) is 7.05 Å². The number of nitrogens with zero attached hydrogens (tertiary/aromatic N) is 1. The molecule has 0 aliphatic carbocycles. The SMILES string of the molecule is CC(=O)c1ccc(NCC(=O)c2cn(C)c3ccccc23)cc1. The predicted octanol–water partition coefficient (Wildman–Crippen LogP) is 3.68. The number of carbonyl (C=O) groups is 2. The van der Waals surface area contributed by atoms with Gasteiger partial charge in [-0.2, -0.15) is 0 Å². The van der Waals surface area contributed by atoms with Crippen LogP contribution in [0.2, 0.25) is 0 Å². The van der Waals surface area contributed by atoms with Crippen LogP contribution in [0.5, 0.6) is 0 Å². The van der Waals surface area contributed by atoms with Gasteiger partial charge in [0, 0.05) is 41.0 Å². The first-order valence-corrected chi connectivity index (χ1v) is 7.48. The van der Waals surface area contributed by atoms with Gasteiger partial charge in [-0.1, -0.05) is 18.2 Å². The van der Waals surface area contributed by atoms with Crippen LogP contribution in [0.3, 0.4) is 0 Å². The normalized spacial score (nSPS) is 10.7. The summed E-state index contributed by atoms with van der Waals surface area (Å²) >= 11 is 0. The molecule has 0 saturated heterocycles. The van der Waals surface area contributed by atoms with Crippen LogP contribution in [-0.4, -0.2) is 22.7 Å². The zero-order valence-corrected chi connectivity index (χ0v) is 13.2. The Kier molecular flexibility index (Phi) is 3.98. The highest BCUT2D eigenvalue weighted by Gasteiger charge is 2.13. The van der Waals surface area contributed by atoms with E-state index in [2.05, 4.69) is 5.32 Å². The third-order valence-corrected chi connectivity index (χ3v) is 3.94. The van der Waals surface area contributed by atoms with Gasteiger partial charge >= 0.3 is 0 Å². The fraction of sp³-hybridized carbons (Fsp3) is 0.158. The van der Waals surface area contributed by atoms with E-state index in [9.17, 15) is 9.59 Å². The first-order valence-electron chi connectivity index (χ1n) is 7.48. The van der Waals surface area contributed by atoms with Crippen LogP contribution in [0.4, 0.5) is 5.69 Å². The fourth-order valence-corrected chi connectivity index (χ4v) is 2.66. The molecular formula is C19H18N2O2. The second kappa shape index (κ2) is 6.08. The molecule has 0 bridgehead atoms. The summed E-state index contributed by atoms with van der Waals surface area (Å²) in [6.07, 6.45) is 1.87. The second-order valence-corrected chi connectivity index (χ2v) is 5.58. The highest BCUT2D eigenvalue weighted by atomic mass is 16.1. The molecule has 0 fully saturated rings. The molecule has 4 nitrogen and oxygen atoms in total. The standard InChI is InChI=1S/C19H18N2O2/c1-13(22)14-7-9-15(10-8-14)20-11-19(23)17-12-21(2)18-6-4-3-5-16(17)18/h3-10,12,20H,11H2,1-2H3. The van der Waals surface area contributed by atoms with Crippen LogP contribution in [-0.2, 0) is 7.05 Å². The fourth-order valence-electron chi connectivity index (χ4n) is 2.66. The van der Waals surface area contributed by atoms with Crippen molar-refractivity contribution in [3.8, 4) is 0 Å². The molecule has 3 aromatic rings. The summed E-state index contributed by atoms with van der Waals surface area (Å²) in [7, 11) is 1.94. The Bertz CT molecular complexity index is 876. The maximum Gasteiger partial charge on any atom is 0.184 e. The van der Waals surface area contributed by atoms with E-state index in [4.69, 9.17) is 0 Å². The van der Waals surface area contributed by atoms with E-state index in [0.717, 1.165) is 22.2 Å². The maximum atomic E-state index is 12.5. The van der Waals surface area contributed by atoms with Gasteiger partial charge in [0.2, 0.25) is 0 Å². The summed E-state index contributed by atoms with van der Waals surface area (Å²) < 4.78 is 1.96. The summed E-state index contributed by atoms with van der Waals surface area (Å²) in [5, 5.41) is 4.08. The molecule has 0 unspecified atom stereocenters. The minimum atomic E-state index is 0.0309. The molecule has 1 aromatic heterocycles. The summed E-state index contributed by atoms with van der Waals surface area (Å²) in [5.41, 5.74) is 3.25. The number of ketones is 2. The zero-order valence-electron chi connectivity index (χ0n) is 13.2. The first-order chi connectivity index (χ1) is 11.1. The highest BCUT2D eigenvalue weighted by molar-refractivity contribution is 6.09. The number of rotatable bonds is 5. The Morgan fingerprint density at radius 3 is 2.43 bits per heavy atom. The molecule has 0 atom stereocenters. The number of nitrogens with one attached hydrogen (secondary N) is 1. The van der Waals surface area contributed by atoms with E-state index >= 15 is 0 Å². The van der Waals surface area contributed by atoms with Crippen molar-refractivity contribution >= 4 is 28.2 Å². The number of hydrogen-bond donors (Lipinski definition) is 1. The largest absolute Gasteiger partial charge is 0.378 e. The average Bonchev–Trinajstić information content (AvgIpc) is 2.90. The van der Waals surface area contributed by atoms with Crippen molar-refractivity contribution in [1.29, 1.82) is 0 Å². The number of carbonyl (C=O) groups excluding carboxylic acids is 2. The topological polar surface area (TPSA) is 51.1 Å². The summed E-state index contributed by atoms with van der Waals surface area (Å²) in [5.74, 6) is 0.0702. The predicted molar refractivity (Wildman–Crippen MR) is 92.2 cm³/mol. The van der Waals surface area contributed by atoms with Gasteiger partial charge in [-0.3, -0.25) is 9.59 Å². The van der Waals surface area contributed by atoms with E-state index < -0.39 is 0 Å². The van der Waals surface area contributed by atoms with E-state index in [-0.39, 0.29) is 18.1 Å². The summed E-state index contributed by atoms with van der Waals surface area (Å²) in [6, 6.07) is 15.0. The average molecular weight is 306 g/mol. The summed E-state index contributed by atoms with van der Waals surface area (Å²) in [4.78, 5) is 23.7. The molecule has 2 aromatic carbocycles. The van der Waals surface area contributed by atoms with Gasteiger partial charge in [0.05, 0.1) is 6.54 Å². The van der Waals surface area contributed by atoms with E-state index in [1.807, 2.05) is 54.2 Å². The third kappa shape index (κ3) is 3.01. The van der Waals surface area contributed by atoms with Crippen molar-refractivity contribution in [3.63, 3.8) is 0 Å². The number of anilines is 1. The number of aromatic nitrogens is 1. The molecule has 0 saturated carbocycles. The lowest BCUT2D eigenvalue weighted by Crippen LogP contribution is -2.13. The lowest BCUT2D eigenvalue weighted by atomic mass is 10.1.